The minimum absolute atomic E-state index is 0.0144. The molecule has 4 aliphatic rings. The molecule has 6 rings (SSSR count). The van der Waals surface area contributed by atoms with Gasteiger partial charge in [0.2, 0.25) is 4.96 Å². The van der Waals surface area contributed by atoms with Gasteiger partial charge in [-0.15, -0.1) is 0 Å². The lowest BCUT2D eigenvalue weighted by molar-refractivity contribution is -0.197. The van der Waals surface area contributed by atoms with E-state index in [0.717, 1.165) is 43.5 Å². The Morgan fingerprint density at radius 1 is 1.37 bits per heavy atom. The Bertz CT molecular complexity index is 967. The largest absolute Gasteiger partial charge is 0.459 e. The number of esters is 1. The number of carbonyl (C=O) groups excluding carboxylic acids is 1. The van der Waals surface area contributed by atoms with E-state index in [1.807, 2.05) is 6.92 Å². The van der Waals surface area contributed by atoms with Crippen LogP contribution in [0.4, 0.5) is 0 Å². The van der Waals surface area contributed by atoms with Crippen LogP contribution in [0.15, 0.2) is 10.9 Å². The van der Waals surface area contributed by atoms with Crippen LogP contribution >= 0.6 is 11.3 Å². The molecule has 4 aliphatic carbocycles. The highest BCUT2D eigenvalue weighted by atomic mass is 32.1. The second-order valence-electron chi connectivity index (χ2n) is 8.67. The molecule has 7 nitrogen and oxygen atoms in total. The molecule has 2 aromatic rings. The van der Waals surface area contributed by atoms with Crippen molar-refractivity contribution in [3.8, 4) is 0 Å². The monoisotopic (exact) mass is 389 g/mol. The molecule has 0 saturated heterocycles. The first-order valence-corrected chi connectivity index (χ1v) is 10.5. The van der Waals surface area contributed by atoms with Crippen molar-refractivity contribution in [3.63, 3.8) is 0 Å². The van der Waals surface area contributed by atoms with E-state index >= 15 is 0 Å². The fourth-order valence-electron chi connectivity index (χ4n) is 5.86. The molecular weight excluding hydrogens is 366 g/mol. The topological polar surface area (TPSA) is 93.8 Å². The number of aryl methyl sites for hydroxylation is 1. The standard InChI is InChI=1S/C19H23N3O4S/c1-2-14-21-22-15(23)4-13(20-17(22)27-14)9-26-16(24)18-5-11-3-12(6-18)8-19(25,7-11)10-18/h4,11-12,25H,2-3,5-10H2,1H3/t11-,12+,18?,19?. The van der Waals surface area contributed by atoms with Gasteiger partial charge in [-0.2, -0.15) is 9.61 Å². The zero-order chi connectivity index (χ0) is 18.8. The number of nitrogens with zero attached hydrogens (tertiary/aromatic N) is 3. The summed E-state index contributed by atoms with van der Waals surface area (Å²) in [7, 11) is 0. The Morgan fingerprint density at radius 2 is 2.11 bits per heavy atom. The van der Waals surface area contributed by atoms with Crippen LogP contribution < -0.4 is 5.56 Å². The van der Waals surface area contributed by atoms with Crippen molar-refractivity contribution in [1.29, 1.82) is 0 Å². The summed E-state index contributed by atoms with van der Waals surface area (Å²) in [6.45, 7) is 1.96. The summed E-state index contributed by atoms with van der Waals surface area (Å²) >= 11 is 1.37. The van der Waals surface area contributed by atoms with Crippen LogP contribution in [0, 0.1) is 17.3 Å². The fourth-order valence-corrected chi connectivity index (χ4v) is 6.72. The van der Waals surface area contributed by atoms with E-state index in [1.165, 1.54) is 21.9 Å². The van der Waals surface area contributed by atoms with Crippen LogP contribution in [0.1, 0.15) is 56.2 Å². The molecule has 0 amide bonds. The molecule has 4 atom stereocenters. The highest BCUT2D eigenvalue weighted by Gasteiger charge is 2.60. The van der Waals surface area contributed by atoms with Crippen LogP contribution in [0.5, 0.6) is 0 Å². The third-order valence-electron chi connectivity index (χ3n) is 6.46. The quantitative estimate of drug-likeness (QED) is 0.805. The zero-order valence-electron chi connectivity index (χ0n) is 15.3. The summed E-state index contributed by atoms with van der Waals surface area (Å²) in [6, 6.07) is 1.38. The Morgan fingerprint density at radius 3 is 2.78 bits per heavy atom. The molecule has 4 bridgehead atoms. The smallest absolute Gasteiger partial charge is 0.312 e. The van der Waals surface area contributed by atoms with E-state index in [2.05, 4.69) is 10.1 Å². The molecule has 0 aliphatic heterocycles. The van der Waals surface area contributed by atoms with Crippen LogP contribution in [0.2, 0.25) is 0 Å². The van der Waals surface area contributed by atoms with Gasteiger partial charge in [-0.3, -0.25) is 9.59 Å². The number of ether oxygens (including phenoxy) is 1. The van der Waals surface area contributed by atoms with E-state index in [4.69, 9.17) is 4.74 Å². The molecule has 2 aromatic heterocycles. The Balaban J connectivity index is 1.35. The Labute approximate surface area is 160 Å². The summed E-state index contributed by atoms with van der Waals surface area (Å²) < 4.78 is 6.91. The molecular formula is C19H23N3O4S. The lowest BCUT2D eigenvalue weighted by atomic mass is 9.48. The summed E-state index contributed by atoms with van der Waals surface area (Å²) in [5, 5.41) is 15.9. The third kappa shape index (κ3) is 2.81. The highest BCUT2D eigenvalue weighted by molar-refractivity contribution is 7.16. The summed E-state index contributed by atoms with van der Waals surface area (Å²) in [5.74, 6) is 0.607. The van der Waals surface area contributed by atoms with Gasteiger partial charge in [0.25, 0.3) is 5.56 Å². The van der Waals surface area contributed by atoms with E-state index in [1.54, 1.807) is 0 Å². The highest BCUT2D eigenvalue weighted by Crippen LogP contribution is 2.62. The van der Waals surface area contributed by atoms with Crippen LogP contribution in [0.25, 0.3) is 4.96 Å². The molecule has 144 valence electrons. The summed E-state index contributed by atoms with van der Waals surface area (Å²) in [4.78, 5) is 30.1. The van der Waals surface area contributed by atoms with E-state index < -0.39 is 11.0 Å². The molecule has 1 N–H and O–H groups in total. The predicted molar refractivity (Wildman–Crippen MR) is 98.4 cm³/mol. The lowest BCUT2D eigenvalue weighted by Crippen LogP contribution is -2.58. The minimum atomic E-state index is -0.696. The molecule has 4 saturated carbocycles. The molecule has 2 unspecified atom stereocenters. The third-order valence-corrected chi connectivity index (χ3v) is 7.51. The average molecular weight is 389 g/mol. The van der Waals surface area contributed by atoms with Gasteiger partial charge >= 0.3 is 5.97 Å². The molecule has 0 radical (unpaired) electrons. The number of aliphatic hydroxyl groups is 1. The number of hydrogen-bond donors (Lipinski definition) is 1. The van der Waals surface area contributed by atoms with Gasteiger partial charge in [0.05, 0.1) is 16.7 Å². The maximum absolute atomic E-state index is 13.0. The van der Waals surface area contributed by atoms with Crippen LogP contribution in [-0.4, -0.2) is 31.3 Å². The second-order valence-corrected chi connectivity index (χ2v) is 9.71. The Hall–Kier alpha value is -1.80. The van der Waals surface area contributed by atoms with E-state index in [-0.39, 0.29) is 18.1 Å². The van der Waals surface area contributed by atoms with Crippen LogP contribution in [0.3, 0.4) is 0 Å². The van der Waals surface area contributed by atoms with Gasteiger partial charge in [-0.05, 0) is 56.8 Å². The number of aromatic nitrogens is 3. The van der Waals surface area contributed by atoms with Crippen molar-refractivity contribution < 1.29 is 14.6 Å². The van der Waals surface area contributed by atoms with Gasteiger partial charge in [0.15, 0.2) is 0 Å². The van der Waals surface area contributed by atoms with Gasteiger partial charge in [0, 0.05) is 6.07 Å². The van der Waals surface area contributed by atoms with E-state index in [9.17, 15) is 14.7 Å². The van der Waals surface area contributed by atoms with Gasteiger partial charge in [-0.1, -0.05) is 18.3 Å². The summed E-state index contributed by atoms with van der Waals surface area (Å²) in [5.41, 5.74) is -1.06. The van der Waals surface area contributed by atoms with Gasteiger partial charge < -0.3 is 9.84 Å². The maximum atomic E-state index is 13.0. The van der Waals surface area contributed by atoms with Gasteiger partial charge in [0.1, 0.15) is 11.6 Å². The molecule has 2 heterocycles. The number of carbonyl (C=O) groups is 1. The first-order valence-electron chi connectivity index (χ1n) is 9.66. The molecule has 8 heteroatoms. The predicted octanol–water partition coefficient (Wildman–Crippen LogP) is 2.09. The zero-order valence-corrected chi connectivity index (χ0v) is 16.1. The first kappa shape index (κ1) is 17.3. The van der Waals surface area contributed by atoms with E-state index in [0.29, 0.717) is 28.9 Å². The summed E-state index contributed by atoms with van der Waals surface area (Å²) in [6.07, 6.45) is 5.64. The van der Waals surface area contributed by atoms with Crippen LogP contribution in [-0.2, 0) is 22.6 Å². The molecule has 0 aromatic carbocycles. The SMILES string of the molecule is CCc1nn2c(=O)cc(COC(=O)C34C[C@@H]5C[C@@H](CC(O)(C5)C3)C4)nc2s1. The van der Waals surface area contributed by atoms with Crippen molar-refractivity contribution in [1.82, 2.24) is 14.6 Å². The fraction of sp³-hybridized carbons (Fsp3) is 0.684. The maximum Gasteiger partial charge on any atom is 0.312 e. The normalized spacial score (nSPS) is 34.3. The molecule has 4 fully saturated rings. The molecule has 0 spiro atoms. The average Bonchev–Trinajstić information content (AvgIpc) is 3.01. The Kier molecular flexibility index (Phi) is 3.75. The number of rotatable bonds is 4. The van der Waals surface area contributed by atoms with Crippen molar-refractivity contribution in [2.75, 3.05) is 0 Å². The van der Waals surface area contributed by atoms with Gasteiger partial charge in [-0.25, -0.2) is 4.98 Å². The minimum Gasteiger partial charge on any atom is -0.459 e. The number of fused-ring (bicyclic) bond motifs is 1. The van der Waals surface area contributed by atoms with Crippen molar-refractivity contribution in [3.05, 3.63) is 27.1 Å². The lowest BCUT2D eigenvalue weighted by Gasteiger charge is -2.58. The van der Waals surface area contributed by atoms with Crippen molar-refractivity contribution in [2.45, 2.75) is 64.1 Å². The first-order chi connectivity index (χ1) is 12.9. The second kappa shape index (κ2) is 5.85. The van der Waals surface area contributed by atoms with Crippen molar-refractivity contribution in [2.24, 2.45) is 17.3 Å². The molecule has 27 heavy (non-hydrogen) atoms. The number of hydrogen-bond acceptors (Lipinski definition) is 7. The van der Waals surface area contributed by atoms with Crippen molar-refractivity contribution >= 4 is 22.3 Å².